The zero-order valence-electron chi connectivity index (χ0n) is 6.89. The van der Waals surface area contributed by atoms with Crippen molar-refractivity contribution in [1.29, 1.82) is 0 Å². The summed E-state index contributed by atoms with van der Waals surface area (Å²) < 4.78 is 0. The SMILES string of the molecule is CCCC(C)(C)/C(N)=N/O. The Bertz CT molecular complexity index is 130. The average molecular weight is 144 g/mol. The van der Waals surface area contributed by atoms with Gasteiger partial charge >= 0.3 is 0 Å². The van der Waals surface area contributed by atoms with Gasteiger partial charge in [0.1, 0.15) is 5.84 Å². The molecule has 10 heavy (non-hydrogen) atoms. The van der Waals surface area contributed by atoms with E-state index in [2.05, 4.69) is 12.1 Å². The fraction of sp³-hybridized carbons (Fsp3) is 0.857. The van der Waals surface area contributed by atoms with Gasteiger partial charge in [-0.2, -0.15) is 0 Å². The second kappa shape index (κ2) is 3.44. The van der Waals surface area contributed by atoms with Gasteiger partial charge in [0.15, 0.2) is 0 Å². The van der Waals surface area contributed by atoms with Crippen LogP contribution in [0.5, 0.6) is 0 Å². The highest BCUT2D eigenvalue weighted by Gasteiger charge is 2.21. The predicted molar refractivity (Wildman–Crippen MR) is 42.1 cm³/mol. The average Bonchev–Trinajstić information content (AvgIpc) is 1.86. The molecule has 3 heteroatoms. The first-order chi connectivity index (χ1) is 4.54. The number of rotatable bonds is 3. The maximum atomic E-state index is 8.36. The number of oxime groups is 1. The monoisotopic (exact) mass is 144 g/mol. The largest absolute Gasteiger partial charge is 0.409 e. The molecule has 0 amide bonds. The summed E-state index contributed by atoms with van der Waals surface area (Å²) in [5, 5.41) is 11.3. The summed E-state index contributed by atoms with van der Waals surface area (Å²) >= 11 is 0. The second-order valence-corrected chi connectivity index (χ2v) is 3.12. The molecule has 0 spiro atoms. The molecule has 0 rings (SSSR count). The smallest absolute Gasteiger partial charge is 0.144 e. The van der Waals surface area contributed by atoms with Crippen LogP contribution in [-0.2, 0) is 0 Å². The third-order valence-electron chi connectivity index (χ3n) is 1.68. The summed E-state index contributed by atoms with van der Waals surface area (Å²) in [6.45, 7) is 6.00. The molecule has 0 unspecified atom stereocenters. The van der Waals surface area contributed by atoms with Gasteiger partial charge in [-0.25, -0.2) is 0 Å². The van der Waals surface area contributed by atoms with Crippen molar-refractivity contribution in [2.75, 3.05) is 0 Å². The van der Waals surface area contributed by atoms with E-state index in [4.69, 9.17) is 10.9 Å². The first-order valence-corrected chi connectivity index (χ1v) is 3.52. The van der Waals surface area contributed by atoms with Crippen molar-refractivity contribution in [1.82, 2.24) is 0 Å². The molecule has 0 aliphatic heterocycles. The van der Waals surface area contributed by atoms with Gasteiger partial charge < -0.3 is 10.9 Å². The Hall–Kier alpha value is -0.730. The summed E-state index contributed by atoms with van der Waals surface area (Å²) in [5.41, 5.74) is 5.27. The molecule has 60 valence electrons. The minimum atomic E-state index is -0.163. The summed E-state index contributed by atoms with van der Waals surface area (Å²) in [6, 6.07) is 0. The Balaban J connectivity index is 4.10. The Kier molecular flexibility index (Phi) is 3.19. The van der Waals surface area contributed by atoms with Crippen LogP contribution in [0, 0.1) is 5.41 Å². The van der Waals surface area contributed by atoms with Gasteiger partial charge in [0.05, 0.1) is 0 Å². The van der Waals surface area contributed by atoms with Gasteiger partial charge in [-0.05, 0) is 6.42 Å². The van der Waals surface area contributed by atoms with Gasteiger partial charge in [-0.15, -0.1) is 0 Å². The van der Waals surface area contributed by atoms with Crippen molar-refractivity contribution in [3.05, 3.63) is 0 Å². The molecular formula is C7H16N2O. The molecule has 0 saturated heterocycles. The highest BCUT2D eigenvalue weighted by molar-refractivity contribution is 5.85. The summed E-state index contributed by atoms with van der Waals surface area (Å²) in [6.07, 6.45) is 1.99. The van der Waals surface area contributed by atoms with E-state index >= 15 is 0 Å². The van der Waals surface area contributed by atoms with Crippen LogP contribution in [0.15, 0.2) is 5.16 Å². The van der Waals surface area contributed by atoms with Crippen LogP contribution in [0.2, 0.25) is 0 Å². The van der Waals surface area contributed by atoms with Gasteiger partial charge in [0.25, 0.3) is 0 Å². The topological polar surface area (TPSA) is 58.6 Å². The van der Waals surface area contributed by atoms with E-state index in [0.717, 1.165) is 12.8 Å². The van der Waals surface area contributed by atoms with Crippen LogP contribution in [0.4, 0.5) is 0 Å². The Labute approximate surface area is 61.9 Å². The van der Waals surface area contributed by atoms with E-state index in [9.17, 15) is 0 Å². The van der Waals surface area contributed by atoms with E-state index in [1.807, 2.05) is 13.8 Å². The minimum Gasteiger partial charge on any atom is -0.409 e. The van der Waals surface area contributed by atoms with Crippen molar-refractivity contribution >= 4 is 5.84 Å². The van der Waals surface area contributed by atoms with Gasteiger partial charge in [0.2, 0.25) is 0 Å². The number of amidine groups is 1. The van der Waals surface area contributed by atoms with Crippen LogP contribution >= 0.6 is 0 Å². The lowest BCUT2D eigenvalue weighted by atomic mass is 9.87. The Morgan fingerprint density at radius 1 is 1.60 bits per heavy atom. The minimum absolute atomic E-state index is 0.163. The Morgan fingerprint density at radius 2 is 2.10 bits per heavy atom. The van der Waals surface area contributed by atoms with Crippen LogP contribution in [0.3, 0.4) is 0 Å². The summed E-state index contributed by atoms with van der Waals surface area (Å²) in [4.78, 5) is 0. The summed E-state index contributed by atoms with van der Waals surface area (Å²) in [5.74, 6) is 0.314. The third-order valence-corrected chi connectivity index (χ3v) is 1.68. The first-order valence-electron chi connectivity index (χ1n) is 3.52. The highest BCUT2D eigenvalue weighted by Crippen LogP contribution is 2.21. The predicted octanol–water partition coefficient (Wildman–Crippen LogP) is 1.56. The lowest BCUT2D eigenvalue weighted by molar-refractivity contribution is 0.305. The van der Waals surface area contributed by atoms with Crippen LogP contribution in [0.1, 0.15) is 33.6 Å². The van der Waals surface area contributed by atoms with Gasteiger partial charge in [0, 0.05) is 5.41 Å². The molecule has 0 bridgehead atoms. The zero-order chi connectivity index (χ0) is 8.20. The molecule has 0 heterocycles. The molecule has 0 aliphatic rings. The molecule has 0 aromatic heterocycles. The molecule has 0 aromatic rings. The lowest BCUT2D eigenvalue weighted by Crippen LogP contribution is -2.31. The fourth-order valence-electron chi connectivity index (χ4n) is 0.888. The van der Waals surface area contributed by atoms with Gasteiger partial charge in [-0.3, -0.25) is 0 Å². The maximum absolute atomic E-state index is 8.36. The molecule has 0 aromatic carbocycles. The zero-order valence-corrected chi connectivity index (χ0v) is 6.89. The van der Waals surface area contributed by atoms with E-state index in [1.54, 1.807) is 0 Å². The fourth-order valence-corrected chi connectivity index (χ4v) is 0.888. The van der Waals surface area contributed by atoms with Crippen molar-refractivity contribution in [2.24, 2.45) is 16.3 Å². The number of nitrogens with zero attached hydrogens (tertiary/aromatic N) is 1. The van der Waals surface area contributed by atoms with Crippen LogP contribution < -0.4 is 5.73 Å². The molecule has 0 radical (unpaired) electrons. The van der Waals surface area contributed by atoms with E-state index in [0.29, 0.717) is 5.84 Å². The maximum Gasteiger partial charge on any atom is 0.144 e. The highest BCUT2D eigenvalue weighted by atomic mass is 16.4. The van der Waals surface area contributed by atoms with E-state index in [-0.39, 0.29) is 5.41 Å². The van der Waals surface area contributed by atoms with Crippen LogP contribution in [-0.4, -0.2) is 11.0 Å². The van der Waals surface area contributed by atoms with Crippen molar-refractivity contribution in [2.45, 2.75) is 33.6 Å². The number of nitrogens with two attached hydrogens (primary N) is 1. The molecule has 0 fully saturated rings. The molecule has 3 nitrogen and oxygen atoms in total. The van der Waals surface area contributed by atoms with Crippen molar-refractivity contribution in [3.63, 3.8) is 0 Å². The molecule has 3 N–H and O–H groups in total. The van der Waals surface area contributed by atoms with E-state index < -0.39 is 0 Å². The lowest BCUT2D eigenvalue weighted by Gasteiger charge is -2.21. The van der Waals surface area contributed by atoms with Gasteiger partial charge in [-0.1, -0.05) is 32.3 Å². The molecule has 0 aliphatic carbocycles. The quantitative estimate of drug-likeness (QED) is 0.273. The standard InChI is InChI=1S/C7H16N2O/c1-4-5-7(2,3)6(8)9-10/h10H,4-5H2,1-3H3,(H2,8,9). The van der Waals surface area contributed by atoms with Crippen molar-refractivity contribution < 1.29 is 5.21 Å². The molecule has 0 saturated carbocycles. The summed E-state index contributed by atoms with van der Waals surface area (Å²) in [7, 11) is 0. The first kappa shape index (κ1) is 9.27. The normalized spacial score (nSPS) is 13.7. The van der Waals surface area contributed by atoms with Crippen molar-refractivity contribution in [3.8, 4) is 0 Å². The number of hydrogen-bond acceptors (Lipinski definition) is 2. The second-order valence-electron chi connectivity index (χ2n) is 3.12. The third kappa shape index (κ3) is 2.25. The number of hydrogen-bond donors (Lipinski definition) is 2. The molecular weight excluding hydrogens is 128 g/mol. The van der Waals surface area contributed by atoms with Crippen LogP contribution in [0.25, 0.3) is 0 Å². The Morgan fingerprint density at radius 3 is 2.40 bits per heavy atom. The van der Waals surface area contributed by atoms with E-state index in [1.165, 1.54) is 0 Å². The molecule has 0 atom stereocenters.